The van der Waals surface area contributed by atoms with Crippen LogP contribution in [0.2, 0.25) is 0 Å². The lowest BCUT2D eigenvalue weighted by atomic mass is 9.87. The Morgan fingerprint density at radius 3 is 2.16 bits per heavy atom. The molecule has 242 valence electrons. The van der Waals surface area contributed by atoms with E-state index in [1.165, 1.54) is 4.90 Å². The molecule has 0 aliphatic heterocycles. The Bertz CT molecular complexity index is 1530. The fourth-order valence-corrected chi connectivity index (χ4v) is 6.66. The SMILES string of the molecule is COc1cccc(CN(C(=O)CN(c2ccc(C(C)(C)C)cc2)S(C)(=O)=O)[C@@H](Cc2ccccc2)C(=O)NC2CCCCC2)c1. The molecule has 0 saturated heterocycles. The first-order chi connectivity index (χ1) is 21.3. The number of sulfonamides is 1. The van der Waals surface area contributed by atoms with Crippen molar-refractivity contribution in [1.82, 2.24) is 10.2 Å². The molecule has 3 aromatic carbocycles. The monoisotopic (exact) mass is 633 g/mol. The van der Waals surface area contributed by atoms with Crippen molar-refractivity contribution in [1.29, 1.82) is 0 Å². The van der Waals surface area contributed by atoms with E-state index >= 15 is 0 Å². The van der Waals surface area contributed by atoms with Crippen molar-refractivity contribution in [3.63, 3.8) is 0 Å². The predicted octanol–water partition coefficient (Wildman–Crippen LogP) is 5.85. The van der Waals surface area contributed by atoms with Crippen LogP contribution in [0, 0.1) is 0 Å². The highest BCUT2D eigenvalue weighted by molar-refractivity contribution is 7.92. The Morgan fingerprint density at radius 1 is 0.911 bits per heavy atom. The van der Waals surface area contributed by atoms with Crippen LogP contribution < -0.4 is 14.4 Å². The third-order valence-electron chi connectivity index (χ3n) is 8.41. The van der Waals surface area contributed by atoms with Gasteiger partial charge in [0.25, 0.3) is 0 Å². The van der Waals surface area contributed by atoms with Gasteiger partial charge in [-0.15, -0.1) is 0 Å². The van der Waals surface area contributed by atoms with E-state index in [2.05, 4.69) is 26.1 Å². The number of rotatable bonds is 12. The molecule has 0 bridgehead atoms. The standard InChI is InChI=1S/C36H47N3O5S/c1-36(2,3)29-19-21-31(22-20-29)39(45(5,42)43)26-34(40)38(25-28-15-12-18-32(23-28)44-4)33(24-27-13-8-6-9-14-27)35(41)37-30-16-10-7-11-17-30/h6,8-9,12-15,18-23,30,33H,7,10-11,16-17,24-26H2,1-5H3,(H,37,41)/t33-/m0/s1. The maximum atomic E-state index is 14.4. The minimum absolute atomic E-state index is 0.0483. The molecule has 3 aromatic rings. The summed E-state index contributed by atoms with van der Waals surface area (Å²) in [5, 5.41) is 3.23. The number of carbonyl (C=O) groups excluding carboxylic acids is 2. The van der Waals surface area contributed by atoms with Gasteiger partial charge in [-0.25, -0.2) is 8.42 Å². The number of anilines is 1. The first-order valence-electron chi connectivity index (χ1n) is 15.7. The zero-order valence-electron chi connectivity index (χ0n) is 27.2. The second-order valence-corrected chi connectivity index (χ2v) is 14.9. The van der Waals surface area contributed by atoms with Gasteiger partial charge >= 0.3 is 0 Å². The van der Waals surface area contributed by atoms with Crippen molar-refractivity contribution < 1.29 is 22.7 Å². The Labute approximate surface area is 268 Å². The molecular formula is C36H47N3O5S. The first kappa shape index (κ1) is 34.0. The topological polar surface area (TPSA) is 96.0 Å². The molecule has 0 aromatic heterocycles. The summed E-state index contributed by atoms with van der Waals surface area (Å²) in [6, 6.07) is 23.4. The van der Waals surface area contributed by atoms with Gasteiger partial charge < -0.3 is 15.0 Å². The van der Waals surface area contributed by atoms with Gasteiger partial charge in [0.15, 0.2) is 0 Å². The van der Waals surface area contributed by atoms with Crippen molar-refractivity contribution in [3.05, 3.63) is 95.6 Å². The second kappa shape index (κ2) is 15.0. The highest BCUT2D eigenvalue weighted by Crippen LogP contribution is 2.27. The van der Waals surface area contributed by atoms with Gasteiger partial charge in [-0.3, -0.25) is 13.9 Å². The van der Waals surface area contributed by atoms with Crippen LogP contribution in [0.3, 0.4) is 0 Å². The molecule has 4 rings (SSSR count). The molecule has 8 nitrogen and oxygen atoms in total. The van der Waals surface area contributed by atoms with E-state index < -0.39 is 28.5 Å². The number of benzene rings is 3. The molecule has 1 atom stereocenters. The number of methoxy groups -OCH3 is 1. The van der Waals surface area contributed by atoms with Crippen LogP contribution in [-0.2, 0) is 38.0 Å². The van der Waals surface area contributed by atoms with E-state index in [0.717, 1.165) is 59.4 Å². The van der Waals surface area contributed by atoms with Crippen LogP contribution in [0.5, 0.6) is 5.75 Å². The third-order valence-corrected chi connectivity index (χ3v) is 9.55. The number of nitrogens with zero attached hydrogens (tertiary/aromatic N) is 2. The lowest BCUT2D eigenvalue weighted by Gasteiger charge is -2.35. The molecule has 1 saturated carbocycles. The quantitative estimate of drug-likeness (QED) is 0.270. The molecule has 2 amide bonds. The van der Waals surface area contributed by atoms with E-state index in [9.17, 15) is 18.0 Å². The maximum Gasteiger partial charge on any atom is 0.244 e. The summed E-state index contributed by atoms with van der Waals surface area (Å²) >= 11 is 0. The minimum atomic E-state index is -3.84. The molecule has 1 fully saturated rings. The number of ether oxygens (including phenoxy) is 1. The van der Waals surface area contributed by atoms with Crippen molar-refractivity contribution >= 4 is 27.5 Å². The Kier molecular flexibility index (Phi) is 11.3. The smallest absolute Gasteiger partial charge is 0.244 e. The number of hydrogen-bond acceptors (Lipinski definition) is 5. The summed E-state index contributed by atoms with van der Waals surface area (Å²) < 4.78 is 32.8. The largest absolute Gasteiger partial charge is 0.497 e. The van der Waals surface area contributed by atoms with Gasteiger partial charge in [-0.2, -0.15) is 0 Å². The average Bonchev–Trinajstić information content (AvgIpc) is 3.01. The van der Waals surface area contributed by atoms with E-state index in [0.29, 0.717) is 11.4 Å². The predicted molar refractivity (Wildman–Crippen MR) is 180 cm³/mol. The maximum absolute atomic E-state index is 14.4. The van der Waals surface area contributed by atoms with Crippen molar-refractivity contribution in [2.24, 2.45) is 0 Å². The van der Waals surface area contributed by atoms with E-state index in [4.69, 9.17) is 4.74 Å². The summed E-state index contributed by atoms with van der Waals surface area (Å²) in [5.74, 6) is -0.0758. The second-order valence-electron chi connectivity index (χ2n) is 13.0. The molecule has 0 radical (unpaired) electrons. The minimum Gasteiger partial charge on any atom is -0.497 e. The number of amides is 2. The Balaban J connectivity index is 1.73. The van der Waals surface area contributed by atoms with Crippen LogP contribution >= 0.6 is 0 Å². The summed E-state index contributed by atoms with van der Waals surface area (Å²) in [5.41, 5.74) is 3.00. The summed E-state index contributed by atoms with van der Waals surface area (Å²) in [6.07, 6.45) is 6.45. The van der Waals surface area contributed by atoms with E-state index in [-0.39, 0.29) is 30.3 Å². The molecule has 1 N–H and O–H groups in total. The number of nitrogens with one attached hydrogen (secondary N) is 1. The lowest BCUT2D eigenvalue weighted by molar-refractivity contribution is -0.140. The van der Waals surface area contributed by atoms with E-state index in [1.54, 1.807) is 19.2 Å². The molecule has 0 unspecified atom stereocenters. The highest BCUT2D eigenvalue weighted by Gasteiger charge is 2.34. The highest BCUT2D eigenvalue weighted by atomic mass is 32.2. The third kappa shape index (κ3) is 9.57. The summed E-state index contributed by atoms with van der Waals surface area (Å²) in [4.78, 5) is 30.0. The zero-order valence-corrected chi connectivity index (χ0v) is 28.0. The normalized spacial score (nSPS) is 14.8. The van der Waals surface area contributed by atoms with Gasteiger partial charge in [0.2, 0.25) is 21.8 Å². The molecule has 0 heterocycles. The molecule has 1 aliphatic rings. The van der Waals surface area contributed by atoms with Crippen molar-refractivity contribution in [2.45, 2.75) is 83.3 Å². The first-order valence-corrected chi connectivity index (χ1v) is 17.5. The number of hydrogen-bond donors (Lipinski definition) is 1. The van der Waals surface area contributed by atoms with Gasteiger partial charge in [0, 0.05) is 19.0 Å². The van der Waals surface area contributed by atoms with Gasteiger partial charge in [0.1, 0.15) is 18.3 Å². The fraction of sp³-hybridized carbons (Fsp3) is 0.444. The average molecular weight is 634 g/mol. The summed E-state index contributed by atoms with van der Waals surface area (Å²) in [7, 11) is -2.26. The van der Waals surface area contributed by atoms with Crippen LogP contribution in [0.25, 0.3) is 0 Å². The van der Waals surface area contributed by atoms with Gasteiger partial charge in [-0.05, 0) is 59.2 Å². The Hall–Kier alpha value is -3.85. The van der Waals surface area contributed by atoms with Gasteiger partial charge in [0.05, 0.1) is 19.1 Å². The van der Waals surface area contributed by atoms with Gasteiger partial charge in [-0.1, -0.05) is 94.6 Å². The van der Waals surface area contributed by atoms with Crippen LogP contribution in [0.4, 0.5) is 5.69 Å². The van der Waals surface area contributed by atoms with Crippen molar-refractivity contribution in [2.75, 3.05) is 24.2 Å². The lowest BCUT2D eigenvalue weighted by Crippen LogP contribution is -2.55. The number of carbonyl (C=O) groups is 2. The van der Waals surface area contributed by atoms with Crippen LogP contribution in [0.15, 0.2) is 78.9 Å². The van der Waals surface area contributed by atoms with Crippen molar-refractivity contribution in [3.8, 4) is 5.75 Å². The zero-order chi connectivity index (χ0) is 32.6. The Morgan fingerprint density at radius 2 is 1.56 bits per heavy atom. The van der Waals surface area contributed by atoms with E-state index in [1.807, 2.05) is 66.7 Å². The molecule has 0 spiro atoms. The molecule has 9 heteroatoms. The van der Waals surface area contributed by atoms with Crippen LogP contribution in [0.1, 0.15) is 69.6 Å². The van der Waals surface area contributed by atoms with Crippen LogP contribution in [-0.4, -0.2) is 57.1 Å². The summed E-state index contributed by atoms with van der Waals surface area (Å²) in [6.45, 7) is 5.91. The molecule has 45 heavy (non-hydrogen) atoms. The molecule has 1 aliphatic carbocycles. The molecular weight excluding hydrogens is 586 g/mol. The fourth-order valence-electron chi connectivity index (χ4n) is 5.81.